The van der Waals surface area contributed by atoms with Gasteiger partial charge in [0.05, 0.1) is 20.3 Å². The molecule has 0 N–H and O–H groups in total. The van der Waals surface area contributed by atoms with Crippen molar-refractivity contribution >= 4 is 0 Å². The first-order chi connectivity index (χ1) is 9.21. The largest absolute Gasteiger partial charge is 0.494 e. The highest BCUT2D eigenvalue weighted by atomic mass is 19.1. The molecule has 1 aromatic rings. The summed E-state index contributed by atoms with van der Waals surface area (Å²) >= 11 is 0. The Kier molecular flexibility index (Phi) is 7.40. The number of nitrogens with zero attached hydrogens (tertiary/aromatic N) is 1. The molecular weight excluding hydrogens is 249 g/mol. The van der Waals surface area contributed by atoms with Gasteiger partial charge in [0.15, 0.2) is 11.6 Å². The highest BCUT2D eigenvalue weighted by Gasteiger charge is 2.08. The maximum absolute atomic E-state index is 13.6. The van der Waals surface area contributed by atoms with E-state index in [1.165, 1.54) is 13.2 Å². The van der Waals surface area contributed by atoms with Gasteiger partial charge in [-0.1, -0.05) is 6.07 Å². The lowest BCUT2D eigenvalue weighted by atomic mass is 10.2. The Morgan fingerprint density at radius 3 is 2.16 bits per heavy atom. The second-order valence-corrected chi connectivity index (χ2v) is 4.23. The minimum absolute atomic E-state index is 0.268. The fraction of sp³-hybridized carbons (Fsp3) is 0.571. The Morgan fingerprint density at radius 1 is 1.05 bits per heavy atom. The van der Waals surface area contributed by atoms with Crippen molar-refractivity contribution in [2.75, 3.05) is 47.6 Å². The average molecular weight is 271 g/mol. The zero-order chi connectivity index (χ0) is 14.1. The summed E-state index contributed by atoms with van der Waals surface area (Å²) in [6.45, 7) is 3.51. The van der Waals surface area contributed by atoms with Crippen LogP contribution in [0.2, 0.25) is 0 Å². The monoisotopic (exact) mass is 271 g/mol. The van der Waals surface area contributed by atoms with Gasteiger partial charge in [0.25, 0.3) is 0 Å². The van der Waals surface area contributed by atoms with Gasteiger partial charge in [-0.05, 0) is 17.7 Å². The Balaban J connectivity index is 2.63. The SMILES string of the molecule is COCCN(CCOC)Cc1ccc(OC)c(F)c1. The molecule has 0 spiro atoms. The number of benzene rings is 1. The van der Waals surface area contributed by atoms with Crippen LogP contribution >= 0.6 is 0 Å². The second-order valence-electron chi connectivity index (χ2n) is 4.23. The van der Waals surface area contributed by atoms with E-state index in [0.29, 0.717) is 19.8 Å². The van der Waals surface area contributed by atoms with Gasteiger partial charge in [-0.15, -0.1) is 0 Å². The number of hydrogen-bond donors (Lipinski definition) is 0. The van der Waals surface area contributed by atoms with E-state index in [2.05, 4.69) is 4.90 Å². The van der Waals surface area contributed by atoms with Crippen molar-refractivity contribution in [1.29, 1.82) is 0 Å². The van der Waals surface area contributed by atoms with E-state index in [0.717, 1.165) is 18.7 Å². The number of methoxy groups -OCH3 is 3. The third-order valence-corrected chi connectivity index (χ3v) is 2.85. The molecule has 0 heterocycles. The molecule has 0 fully saturated rings. The van der Waals surface area contributed by atoms with E-state index in [1.807, 2.05) is 6.07 Å². The second kappa shape index (κ2) is 8.85. The first kappa shape index (κ1) is 15.9. The van der Waals surface area contributed by atoms with Crippen molar-refractivity contribution in [2.24, 2.45) is 0 Å². The lowest BCUT2D eigenvalue weighted by Gasteiger charge is -2.21. The van der Waals surface area contributed by atoms with Gasteiger partial charge < -0.3 is 14.2 Å². The topological polar surface area (TPSA) is 30.9 Å². The summed E-state index contributed by atoms with van der Waals surface area (Å²) in [6, 6.07) is 5.02. The molecular formula is C14H22FNO3. The van der Waals surface area contributed by atoms with Gasteiger partial charge in [-0.3, -0.25) is 4.90 Å². The van der Waals surface area contributed by atoms with E-state index in [9.17, 15) is 4.39 Å². The van der Waals surface area contributed by atoms with Crippen molar-refractivity contribution in [3.8, 4) is 5.75 Å². The van der Waals surface area contributed by atoms with Crippen molar-refractivity contribution in [1.82, 2.24) is 4.90 Å². The van der Waals surface area contributed by atoms with Gasteiger partial charge in [0.2, 0.25) is 0 Å². The molecule has 0 aromatic heterocycles. The van der Waals surface area contributed by atoms with E-state index in [-0.39, 0.29) is 11.6 Å². The normalized spacial score (nSPS) is 11.0. The van der Waals surface area contributed by atoms with Gasteiger partial charge in [0.1, 0.15) is 0 Å². The van der Waals surface area contributed by atoms with Gasteiger partial charge in [-0.25, -0.2) is 4.39 Å². The zero-order valence-electron chi connectivity index (χ0n) is 11.8. The minimum Gasteiger partial charge on any atom is -0.494 e. The molecule has 0 aliphatic carbocycles. The third-order valence-electron chi connectivity index (χ3n) is 2.85. The van der Waals surface area contributed by atoms with Crippen LogP contribution in [0.1, 0.15) is 5.56 Å². The standard InChI is InChI=1S/C14H22FNO3/c1-17-8-6-16(7-9-18-2)11-12-4-5-14(19-3)13(15)10-12/h4-5,10H,6-9,11H2,1-3H3. The van der Waals surface area contributed by atoms with Crippen LogP contribution < -0.4 is 4.74 Å². The van der Waals surface area contributed by atoms with Gasteiger partial charge >= 0.3 is 0 Å². The molecule has 19 heavy (non-hydrogen) atoms. The summed E-state index contributed by atoms with van der Waals surface area (Å²) < 4.78 is 28.7. The van der Waals surface area contributed by atoms with E-state index in [4.69, 9.17) is 14.2 Å². The maximum atomic E-state index is 13.6. The Hall–Kier alpha value is -1.17. The maximum Gasteiger partial charge on any atom is 0.165 e. The summed E-state index contributed by atoms with van der Waals surface area (Å²) in [5, 5.41) is 0. The molecule has 0 radical (unpaired) electrons. The highest BCUT2D eigenvalue weighted by Crippen LogP contribution is 2.18. The number of hydrogen-bond acceptors (Lipinski definition) is 4. The van der Waals surface area contributed by atoms with Crippen LogP contribution in [0.25, 0.3) is 0 Å². The number of halogens is 1. The summed E-state index contributed by atoms with van der Waals surface area (Å²) in [5.74, 6) is -0.0671. The molecule has 5 heteroatoms. The fourth-order valence-electron chi connectivity index (χ4n) is 1.78. The number of rotatable bonds is 9. The minimum atomic E-state index is -0.335. The molecule has 1 aromatic carbocycles. The van der Waals surface area contributed by atoms with Gasteiger partial charge in [-0.2, -0.15) is 0 Å². The molecule has 0 saturated carbocycles. The van der Waals surface area contributed by atoms with Crippen LogP contribution in [0, 0.1) is 5.82 Å². The van der Waals surface area contributed by atoms with Crippen molar-refractivity contribution in [3.63, 3.8) is 0 Å². The first-order valence-corrected chi connectivity index (χ1v) is 6.24. The van der Waals surface area contributed by atoms with Crippen molar-refractivity contribution in [2.45, 2.75) is 6.54 Å². The quantitative estimate of drug-likeness (QED) is 0.686. The molecule has 1 rings (SSSR count). The molecule has 0 bridgehead atoms. The summed E-state index contributed by atoms with van der Waals surface area (Å²) in [5.41, 5.74) is 0.908. The third kappa shape index (κ3) is 5.55. The van der Waals surface area contributed by atoms with Crippen LogP contribution in [0.15, 0.2) is 18.2 Å². The fourth-order valence-corrected chi connectivity index (χ4v) is 1.78. The van der Waals surface area contributed by atoms with Crippen LogP contribution in [-0.2, 0) is 16.0 Å². The van der Waals surface area contributed by atoms with Gasteiger partial charge in [0, 0.05) is 33.9 Å². The first-order valence-electron chi connectivity index (χ1n) is 6.24. The summed E-state index contributed by atoms with van der Waals surface area (Å²) in [7, 11) is 4.80. The molecule has 0 saturated heterocycles. The Bertz CT molecular complexity index is 366. The predicted octanol–water partition coefficient (Wildman–Crippen LogP) is 1.93. The predicted molar refractivity (Wildman–Crippen MR) is 72.0 cm³/mol. The van der Waals surface area contributed by atoms with E-state index < -0.39 is 0 Å². The van der Waals surface area contributed by atoms with Crippen LogP contribution in [0.4, 0.5) is 4.39 Å². The summed E-state index contributed by atoms with van der Waals surface area (Å²) in [6.07, 6.45) is 0. The van der Waals surface area contributed by atoms with Crippen LogP contribution in [0.5, 0.6) is 5.75 Å². The smallest absolute Gasteiger partial charge is 0.165 e. The molecule has 4 nitrogen and oxygen atoms in total. The highest BCUT2D eigenvalue weighted by molar-refractivity contribution is 5.29. The average Bonchev–Trinajstić information content (AvgIpc) is 2.42. The lowest BCUT2D eigenvalue weighted by molar-refractivity contribution is 0.110. The van der Waals surface area contributed by atoms with Crippen LogP contribution in [-0.4, -0.2) is 52.5 Å². The molecule has 0 atom stereocenters. The molecule has 0 amide bonds. The van der Waals surface area contributed by atoms with Crippen molar-refractivity contribution in [3.05, 3.63) is 29.6 Å². The lowest BCUT2D eigenvalue weighted by Crippen LogP contribution is -2.30. The molecule has 108 valence electrons. The molecule has 0 aliphatic heterocycles. The Labute approximate surface area is 114 Å². The molecule has 0 aliphatic rings. The molecule has 0 unspecified atom stereocenters. The Morgan fingerprint density at radius 2 is 1.68 bits per heavy atom. The van der Waals surface area contributed by atoms with E-state index >= 15 is 0 Å². The van der Waals surface area contributed by atoms with E-state index in [1.54, 1.807) is 20.3 Å². The zero-order valence-corrected chi connectivity index (χ0v) is 11.8. The van der Waals surface area contributed by atoms with Crippen LogP contribution in [0.3, 0.4) is 0 Å². The number of ether oxygens (including phenoxy) is 3. The summed E-state index contributed by atoms with van der Waals surface area (Å²) in [4.78, 5) is 2.16. The van der Waals surface area contributed by atoms with Crippen molar-refractivity contribution < 1.29 is 18.6 Å².